The highest BCUT2D eigenvalue weighted by Crippen LogP contribution is 2.33. The minimum Gasteiger partial charge on any atom is -0.352 e. The van der Waals surface area contributed by atoms with Gasteiger partial charge in [-0.05, 0) is 43.7 Å². The first-order valence-corrected chi connectivity index (χ1v) is 8.41. The van der Waals surface area contributed by atoms with Crippen molar-refractivity contribution in [3.8, 4) is 5.69 Å². The zero-order valence-electron chi connectivity index (χ0n) is 14.1. The van der Waals surface area contributed by atoms with Crippen LogP contribution in [0.3, 0.4) is 0 Å². The van der Waals surface area contributed by atoms with Crippen LogP contribution in [0, 0.1) is 13.8 Å². The second-order valence-electron chi connectivity index (χ2n) is 6.39. The van der Waals surface area contributed by atoms with Gasteiger partial charge in [0.25, 0.3) is 0 Å². The molecule has 0 amide bonds. The first-order valence-electron chi connectivity index (χ1n) is 8.41. The Morgan fingerprint density at radius 3 is 2.54 bits per heavy atom. The van der Waals surface area contributed by atoms with Gasteiger partial charge in [0.2, 0.25) is 0 Å². The zero-order valence-corrected chi connectivity index (χ0v) is 14.1. The summed E-state index contributed by atoms with van der Waals surface area (Å²) in [6, 6.07) is 19.3. The standard InChI is InChI=1S/C21H22N2O/c1-16-7-9-19(10-8-16)23-13-14-24-21(23)18-11-12-22(15-18)20-6-4-3-5-17(20)2/h3-12,15,21H,13-14H2,1-2H3/t21-/m0/s1. The summed E-state index contributed by atoms with van der Waals surface area (Å²) in [5.41, 5.74) is 6.16. The lowest BCUT2D eigenvalue weighted by atomic mass is 10.2. The van der Waals surface area contributed by atoms with Crippen LogP contribution in [0.5, 0.6) is 0 Å². The van der Waals surface area contributed by atoms with Crippen molar-refractivity contribution >= 4 is 5.69 Å². The summed E-state index contributed by atoms with van der Waals surface area (Å²) in [6.07, 6.45) is 4.28. The molecule has 1 atom stereocenters. The number of aromatic nitrogens is 1. The molecular weight excluding hydrogens is 296 g/mol. The third-order valence-corrected chi connectivity index (χ3v) is 4.65. The molecule has 24 heavy (non-hydrogen) atoms. The molecule has 0 N–H and O–H groups in total. The molecule has 0 saturated carbocycles. The van der Waals surface area contributed by atoms with E-state index in [-0.39, 0.29) is 6.23 Å². The fourth-order valence-electron chi connectivity index (χ4n) is 3.31. The Morgan fingerprint density at radius 2 is 1.75 bits per heavy atom. The molecule has 0 radical (unpaired) electrons. The number of aryl methyl sites for hydroxylation is 2. The topological polar surface area (TPSA) is 17.4 Å². The first-order chi connectivity index (χ1) is 11.7. The van der Waals surface area contributed by atoms with E-state index in [1.54, 1.807) is 0 Å². The van der Waals surface area contributed by atoms with E-state index in [1.807, 2.05) is 0 Å². The van der Waals surface area contributed by atoms with E-state index in [4.69, 9.17) is 4.74 Å². The third kappa shape index (κ3) is 2.72. The lowest BCUT2D eigenvalue weighted by Gasteiger charge is -2.24. The van der Waals surface area contributed by atoms with Crippen molar-refractivity contribution < 1.29 is 4.74 Å². The van der Waals surface area contributed by atoms with Gasteiger partial charge >= 0.3 is 0 Å². The fraction of sp³-hybridized carbons (Fsp3) is 0.238. The summed E-state index contributed by atoms with van der Waals surface area (Å²) < 4.78 is 8.21. The Kier molecular flexibility index (Phi) is 3.87. The molecule has 3 nitrogen and oxygen atoms in total. The summed E-state index contributed by atoms with van der Waals surface area (Å²) in [5.74, 6) is 0. The normalized spacial score (nSPS) is 17.4. The van der Waals surface area contributed by atoms with E-state index in [0.717, 1.165) is 13.2 Å². The Morgan fingerprint density at radius 1 is 0.958 bits per heavy atom. The molecule has 0 unspecified atom stereocenters. The van der Waals surface area contributed by atoms with Crippen molar-refractivity contribution in [1.82, 2.24) is 4.57 Å². The Hall–Kier alpha value is -2.52. The molecule has 2 aromatic carbocycles. The van der Waals surface area contributed by atoms with Gasteiger partial charge in [-0.15, -0.1) is 0 Å². The lowest BCUT2D eigenvalue weighted by molar-refractivity contribution is 0.114. The smallest absolute Gasteiger partial charge is 0.158 e. The second-order valence-corrected chi connectivity index (χ2v) is 6.39. The van der Waals surface area contributed by atoms with Crippen LogP contribution in [0.15, 0.2) is 67.0 Å². The van der Waals surface area contributed by atoms with Gasteiger partial charge in [-0.3, -0.25) is 0 Å². The monoisotopic (exact) mass is 318 g/mol. The van der Waals surface area contributed by atoms with Gasteiger partial charge in [-0.1, -0.05) is 35.9 Å². The van der Waals surface area contributed by atoms with Crippen molar-refractivity contribution in [2.24, 2.45) is 0 Å². The van der Waals surface area contributed by atoms with Crippen molar-refractivity contribution in [3.63, 3.8) is 0 Å². The number of ether oxygens (including phenoxy) is 1. The number of hydrogen-bond donors (Lipinski definition) is 0. The number of para-hydroxylation sites is 1. The second kappa shape index (κ2) is 6.17. The number of hydrogen-bond acceptors (Lipinski definition) is 2. The van der Waals surface area contributed by atoms with Crippen LogP contribution in [0.25, 0.3) is 5.69 Å². The maximum Gasteiger partial charge on any atom is 0.158 e. The zero-order chi connectivity index (χ0) is 16.5. The fourth-order valence-corrected chi connectivity index (χ4v) is 3.31. The van der Waals surface area contributed by atoms with Crippen molar-refractivity contribution in [2.45, 2.75) is 20.1 Å². The van der Waals surface area contributed by atoms with Crippen LogP contribution in [0.4, 0.5) is 5.69 Å². The quantitative estimate of drug-likeness (QED) is 0.700. The predicted molar refractivity (Wildman–Crippen MR) is 97.7 cm³/mol. The summed E-state index contributed by atoms with van der Waals surface area (Å²) in [4.78, 5) is 2.33. The van der Waals surface area contributed by atoms with Crippen LogP contribution in [0.2, 0.25) is 0 Å². The lowest BCUT2D eigenvalue weighted by Crippen LogP contribution is -2.22. The molecular formula is C21H22N2O. The molecule has 4 rings (SSSR count). The van der Waals surface area contributed by atoms with Crippen LogP contribution in [-0.2, 0) is 4.74 Å². The molecule has 1 saturated heterocycles. The molecule has 1 aromatic heterocycles. The van der Waals surface area contributed by atoms with E-state index >= 15 is 0 Å². The molecule has 0 aliphatic carbocycles. The number of benzene rings is 2. The predicted octanol–water partition coefficient (Wildman–Crippen LogP) is 4.63. The first kappa shape index (κ1) is 15.0. The van der Waals surface area contributed by atoms with Crippen molar-refractivity contribution in [2.75, 3.05) is 18.1 Å². The Bertz CT molecular complexity index is 835. The average molecular weight is 318 g/mol. The molecule has 3 aromatic rings. The van der Waals surface area contributed by atoms with Crippen LogP contribution in [-0.4, -0.2) is 17.7 Å². The van der Waals surface area contributed by atoms with Crippen LogP contribution in [0.1, 0.15) is 22.9 Å². The van der Waals surface area contributed by atoms with Gasteiger partial charge in [0.1, 0.15) is 0 Å². The van der Waals surface area contributed by atoms with Gasteiger partial charge < -0.3 is 14.2 Å². The highest BCUT2D eigenvalue weighted by Gasteiger charge is 2.27. The van der Waals surface area contributed by atoms with E-state index in [0.29, 0.717) is 0 Å². The molecule has 0 spiro atoms. The number of anilines is 1. The minimum atomic E-state index is -0.0158. The average Bonchev–Trinajstić information content (AvgIpc) is 3.25. The van der Waals surface area contributed by atoms with E-state index < -0.39 is 0 Å². The van der Waals surface area contributed by atoms with E-state index in [2.05, 4.69) is 90.3 Å². The largest absolute Gasteiger partial charge is 0.352 e. The molecule has 1 fully saturated rings. The van der Waals surface area contributed by atoms with Gasteiger partial charge in [0.15, 0.2) is 6.23 Å². The van der Waals surface area contributed by atoms with E-state index in [9.17, 15) is 0 Å². The van der Waals surface area contributed by atoms with Crippen LogP contribution < -0.4 is 4.90 Å². The van der Waals surface area contributed by atoms with Crippen molar-refractivity contribution in [3.05, 3.63) is 83.7 Å². The maximum absolute atomic E-state index is 6.03. The molecule has 1 aliphatic rings. The van der Waals surface area contributed by atoms with Crippen molar-refractivity contribution in [1.29, 1.82) is 0 Å². The highest BCUT2D eigenvalue weighted by molar-refractivity contribution is 5.50. The molecule has 122 valence electrons. The van der Waals surface area contributed by atoms with Gasteiger partial charge in [-0.2, -0.15) is 0 Å². The van der Waals surface area contributed by atoms with E-state index in [1.165, 1.54) is 28.1 Å². The highest BCUT2D eigenvalue weighted by atomic mass is 16.5. The third-order valence-electron chi connectivity index (χ3n) is 4.65. The van der Waals surface area contributed by atoms with Gasteiger partial charge in [0.05, 0.1) is 6.61 Å². The summed E-state index contributed by atoms with van der Waals surface area (Å²) in [5, 5.41) is 0. The van der Waals surface area contributed by atoms with Gasteiger partial charge in [0, 0.05) is 35.9 Å². The summed E-state index contributed by atoms with van der Waals surface area (Å²) in [6.45, 7) is 5.93. The minimum absolute atomic E-state index is 0.0158. The van der Waals surface area contributed by atoms with Gasteiger partial charge in [-0.25, -0.2) is 0 Å². The number of nitrogens with zero attached hydrogens (tertiary/aromatic N) is 2. The molecule has 0 bridgehead atoms. The summed E-state index contributed by atoms with van der Waals surface area (Å²) >= 11 is 0. The maximum atomic E-state index is 6.03. The molecule has 1 aliphatic heterocycles. The molecule has 3 heteroatoms. The Labute approximate surface area is 143 Å². The number of rotatable bonds is 3. The Balaban J connectivity index is 1.64. The summed E-state index contributed by atoms with van der Waals surface area (Å²) in [7, 11) is 0. The molecule has 2 heterocycles. The SMILES string of the molecule is Cc1ccc(N2CCO[C@H]2c2ccn(-c3ccccc3C)c2)cc1. The van der Waals surface area contributed by atoms with Crippen LogP contribution >= 0.6 is 0 Å².